The number of rotatable bonds is 5. The third-order valence-corrected chi connectivity index (χ3v) is 3.18. The zero-order chi connectivity index (χ0) is 13.0. The Balaban J connectivity index is 2.09. The second-order valence-corrected chi connectivity index (χ2v) is 4.99. The van der Waals surface area contributed by atoms with Gasteiger partial charge >= 0.3 is 0 Å². The summed E-state index contributed by atoms with van der Waals surface area (Å²) >= 11 is 1.46. The standard InChI is InChI=1S/C11H15N5OS/c1-3-4-12-11-15-14-9(18-11)6-16-7-13-8(2)5-10(16)17/h5,7H,3-4,6H2,1-2H3,(H,12,15). The SMILES string of the molecule is CCCNc1nnc(Cn2cnc(C)cc2=O)s1. The highest BCUT2D eigenvalue weighted by atomic mass is 32.1. The molecular formula is C11H15N5OS. The van der Waals surface area contributed by atoms with E-state index in [1.165, 1.54) is 28.3 Å². The van der Waals surface area contributed by atoms with Crippen LogP contribution in [0.1, 0.15) is 24.0 Å². The first-order valence-electron chi connectivity index (χ1n) is 5.78. The summed E-state index contributed by atoms with van der Waals surface area (Å²) in [6, 6.07) is 1.51. The molecule has 7 heteroatoms. The maximum absolute atomic E-state index is 11.7. The van der Waals surface area contributed by atoms with Gasteiger partial charge in [0, 0.05) is 18.3 Å². The monoisotopic (exact) mass is 265 g/mol. The summed E-state index contributed by atoms with van der Waals surface area (Å²) in [5.41, 5.74) is 0.652. The van der Waals surface area contributed by atoms with Crippen molar-refractivity contribution < 1.29 is 0 Å². The molecule has 0 aliphatic carbocycles. The van der Waals surface area contributed by atoms with E-state index < -0.39 is 0 Å². The summed E-state index contributed by atoms with van der Waals surface area (Å²) in [5, 5.41) is 12.8. The minimum Gasteiger partial charge on any atom is -0.360 e. The van der Waals surface area contributed by atoms with Gasteiger partial charge in [-0.2, -0.15) is 0 Å². The molecule has 0 bridgehead atoms. The van der Waals surface area contributed by atoms with E-state index in [2.05, 4.69) is 27.4 Å². The van der Waals surface area contributed by atoms with E-state index in [0.29, 0.717) is 6.54 Å². The molecule has 0 saturated carbocycles. The van der Waals surface area contributed by atoms with Gasteiger partial charge in [0.1, 0.15) is 5.01 Å². The lowest BCUT2D eigenvalue weighted by Gasteiger charge is -2.01. The van der Waals surface area contributed by atoms with Crippen LogP contribution in [0.5, 0.6) is 0 Å². The van der Waals surface area contributed by atoms with Crippen molar-refractivity contribution in [3.05, 3.63) is 33.4 Å². The van der Waals surface area contributed by atoms with Gasteiger partial charge in [-0.05, 0) is 13.3 Å². The number of aromatic nitrogens is 4. The van der Waals surface area contributed by atoms with Crippen molar-refractivity contribution in [2.24, 2.45) is 0 Å². The maximum atomic E-state index is 11.7. The molecule has 18 heavy (non-hydrogen) atoms. The van der Waals surface area contributed by atoms with Crippen LogP contribution in [-0.2, 0) is 6.54 Å². The third kappa shape index (κ3) is 3.13. The molecule has 0 atom stereocenters. The number of hydrogen-bond donors (Lipinski definition) is 1. The van der Waals surface area contributed by atoms with Crippen molar-refractivity contribution >= 4 is 16.5 Å². The number of nitrogens with zero attached hydrogens (tertiary/aromatic N) is 4. The van der Waals surface area contributed by atoms with Gasteiger partial charge in [-0.1, -0.05) is 18.3 Å². The topological polar surface area (TPSA) is 72.7 Å². The molecule has 2 aromatic rings. The summed E-state index contributed by atoms with van der Waals surface area (Å²) in [4.78, 5) is 15.8. The Labute approximate surface area is 109 Å². The predicted octanol–water partition coefficient (Wildman–Crippen LogP) is 1.27. The quantitative estimate of drug-likeness (QED) is 0.881. The largest absolute Gasteiger partial charge is 0.360 e. The molecule has 2 rings (SSSR count). The van der Waals surface area contributed by atoms with E-state index in [0.717, 1.165) is 28.8 Å². The number of aryl methyl sites for hydroxylation is 1. The van der Waals surface area contributed by atoms with Crippen LogP contribution in [0.25, 0.3) is 0 Å². The summed E-state index contributed by atoms with van der Waals surface area (Å²) in [6.07, 6.45) is 2.58. The molecule has 1 N–H and O–H groups in total. The van der Waals surface area contributed by atoms with E-state index in [1.54, 1.807) is 6.92 Å². The normalized spacial score (nSPS) is 10.6. The summed E-state index contributed by atoms with van der Waals surface area (Å²) in [6.45, 7) is 5.17. The highest BCUT2D eigenvalue weighted by Crippen LogP contribution is 2.15. The van der Waals surface area contributed by atoms with Gasteiger partial charge in [0.2, 0.25) is 5.13 Å². The summed E-state index contributed by atoms with van der Waals surface area (Å²) in [5.74, 6) is 0. The van der Waals surface area contributed by atoms with E-state index in [-0.39, 0.29) is 5.56 Å². The molecule has 0 aliphatic heterocycles. The van der Waals surface area contributed by atoms with Crippen molar-refractivity contribution in [2.75, 3.05) is 11.9 Å². The van der Waals surface area contributed by atoms with Crippen molar-refractivity contribution in [3.63, 3.8) is 0 Å². The molecular weight excluding hydrogens is 250 g/mol. The maximum Gasteiger partial charge on any atom is 0.253 e. The fraction of sp³-hybridized carbons (Fsp3) is 0.455. The molecule has 0 radical (unpaired) electrons. The van der Waals surface area contributed by atoms with Crippen LogP contribution in [0.2, 0.25) is 0 Å². The molecule has 0 fully saturated rings. The Kier molecular flexibility index (Phi) is 4.03. The van der Waals surface area contributed by atoms with Gasteiger partial charge < -0.3 is 5.32 Å². The average Bonchev–Trinajstić information content (AvgIpc) is 2.78. The van der Waals surface area contributed by atoms with Gasteiger partial charge in [0.05, 0.1) is 12.9 Å². The molecule has 2 heterocycles. The van der Waals surface area contributed by atoms with Crippen LogP contribution >= 0.6 is 11.3 Å². The lowest BCUT2D eigenvalue weighted by molar-refractivity contribution is 0.718. The number of hydrogen-bond acceptors (Lipinski definition) is 6. The van der Waals surface area contributed by atoms with Gasteiger partial charge in [-0.3, -0.25) is 9.36 Å². The fourth-order valence-electron chi connectivity index (χ4n) is 1.40. The van der Waals surface area contributed by atoms with Gasteiger partial charge in [0.15, 0.2) is 0 Å². The Morgan fingerprint density at radius 1 is 1.44 bits per heavy atom. The van der Waals surface area contributed by atoms with E-state index in [9.17, 15) is 4.79 Å². The number of anilines is 1. The average molecular weight is 265 g/mol. The highest BCUT2D eigenvalue weighted by molar-refractivity contribution is 7.15. The van der Waals surface area contributed by atoms with E-state index in [1.807, 2.05) is 0 Å². The second kappa shape index (κ2) is 5.72. The third-order valence-electron chi connectivity index (χ3n) is 2.31. The minimum absolute atomic E-state index is 0.0687. The van der Waals surface area contributed by atoms with E-state index in [4.69, 9.17) is 0 Å². The molecule has 0 saturated heterocycles. The van der Waals surface area contributed by atoms with Crippen LogP contribution in [0.15, 0.2) is 17.2 Å². The van der Waals surface area contributed by atoms with Gasteiger partial charge in [0.25, 0.3) is 5.56 Å². The second-order valence-electron chi connectivity index (χ2n) is 3.92. The zero-order valence-electron chi connectivity index (χ0n) is 10.4. The Morgan fingerprint density at radius 3 is 3.00 bits per heavy atom. The highest BCUT2D eigenvalue weighted by Gasteiger charge is 2.05. The van der Waals surface area contributed by atoms with Crippen molar-refractivity contribution in [1.82, 2.24) is 19.7 Å². The van der Waals surface area contributed by atoms with Gasteiger partial charge in [-0.25, -0.2) is 4.98 Å². The van der Waals surface area contributed by atoms with Crippen molar-refractivity contribution in [2.45, 2.75) is 26.8 Å². The molecule has 96 valence electrons. The van der Waals surface area contributed by atoms with Crippen molar-refractivity contribution in [1.29, 1.82) is 0 Å². The minimum atomic E-state index is -0.0687. The number of nitrogens with one attached hydrogen (secondary N) is 1. The Hall–Kier alpha value is -1.76. The Bertz CT molecular complexity index is 577. The summed E-state index contributed by atoms with van der Waals surface area (Å²) in [7, 11) is 0. The predicted molar refractivity (Wildman–Crippen MR) is 71.0 cm³/mol. The molecule has 0 unspecified atom stereocenters. The summed E-state index contributed by atoms with van der Waals surface area (Å²) < 4.78 is 1.52. The first-order chi connectivity index (χ1) is 8.69. The fourth-order valence-corrected chi connectivity index (χ4v) is 2.17. The van der Waals surface area contributed by atoms with Crippen LogP contribution in [0, 0.1) is 6.92 Å². The zero-order valence-corrected chi connectivity index (χ0v) is 11.2. The van der Waals surface area contributed by atoms with Gasteiger partial charge in [-0.15, -0.1) is 10.2 Å². The molecule has 2 aromatic heterocycles. The van der Waals surface area contributed by atoms with E-state index >= 15 is 0 Å². The van der Waals surface area contributed by atoms with Crippen LogP contribution in [-0.4, -0.2) is 26.3 Å². The molecule has 0 amide bonds. The molecule has 0 spiro atoms. The van der Waals surface area contributed by atoms with Crippen LogP contribution in [0.4, 0.5) is 5.13 Å². The molecule has 0 aromatic carbocycles. The first-order valence-corrected chi connectivity index (χ1v) is 6.60. The molecule has 0 aliphatic rings. The Morgan fingerprint density at radius 2 is 2.28 bits per heavy atom. The lowest BCUT2D eigenvalue weighted by Crippen LogP contribution is -2.20. The van der Waals surface area contributed by atoms with Crippen LogP contribution in [0.3, 0.4) is 0 Å². The first kappa shape index (κ1) is 12.7. The van der Waals surface area contributed by atoms with Crippen LogP contribution < -0.4 is 10.9 Å². The lowest BCUT2D eigenvalue weighted by atomic mass is 10.4. The smallest absolute Gasteiger partial charge is 0.253 e. The van der Waals surface area contributed by atoms with Crippen molar-refractivity contribution in [3.8, 4) is 0 Å². The molecule has 6 nitrogen and oxygen atoms in total.